The number of para-hydroxylation sites is 2. The predicted molar refractivity (Wildman–Crippen MR) is 123 cm³/mol. The Morgan fingerprint density at radius 2 is 1.88 bits per heavy atom. The van der Waals surface area contributed by atoms with Crippen molar-refractivity contribution < 1.29 is 14.3 Å². The molecule has 2 aromatic carbocycles. The van der Waals surface area contributed by atoms with Crippen LogP contribution in [-0.2, 0) is 20.9 Å². The number of fused-ring (bicyclic) bond motifs is 1. The molecule has 0 unspecified atom stereocenters. The van der Waals surface area contributed by atoms with E-state index >= 15 is 0 Å². The maximum Gasteiger partial charge on any atom is 0.249 e. The molecule has 164 valence electrons. The zero-order valence-electron chi connectivity index (χ0n) is 17.5. The number of anilines is 1. The van der Waals surface area contributed by atoms with Crippen molar-refractivity contribution >= 4 is 39.9 Å². The third-order valence-corrected chi connectivity index (χ3v) is 5.86. The molecular formula is C23H23N5O3S. The first-order chi connectivity index (χ1) is 15.7. The van der Waals surface area contributed by atoms with Gasteiger partial charge in [0, 0.05) is 24.2 Å². The van der Waals surface area contributed by atoms with Crippen molar-refractivity contribution in [1.29, 1.82) is 0 Å². The van der Waals surface area contributed by atoms with Gasteiger partial charge in [-0.2, -0.15) is 0 Å². The number of rotatable bonds is 9. The standard InChI is InChI=1S/C23H23N5O3S/c1-31-14-13-24-23(30)22(20-12-7-15-32-20)28(17-8-3-2-4-9-17)21(29)16-27-19-11-6-5-10-18(19)25-26-27/h2-12,15,22H,13-14,16H2,1H3,(H,24,30)/t22-/m0/s1. The lowest BCUT2D eigenvalue weighted by atomic mass is 10.1. The average Bonchev–Trinajstić information content (AvgIpc) is 3.48. The Kier molecular flexibility index (Phi) is 6.88. The zero-order valence-corrected chi connectivity index (χ0v) is 18.4. The predicted octanol–water partition coefficient (Wildman–Crippen LogP) is 3.03. The Hall–Kier alpha value is -3.56. The van der Waals surface area contributed by atoms with Gasteiger partial charge in [-0.05, 0) is 35.7 Å². The molecule has 0 radical (unpaired) electrons. The molecule has 0 bridgehead atoms. The lowest BCUT2D eigenvalue weighted by Crippen LogP contribution is -2.45. The lowest BCUT2D eigenvalue weighted by Gasteiger charge is -2.30. The van der Waals surface area contributed by atoms with Crippen LogP contribution in [0.25, 0.3) is 11.0 Å². The molecule has 0 saturated carbocycles. The second kappa shape index (κ2) is 10.2. The Morgan fingerprint density at radius 3 is 2.62 bits per heavy atom. The van der Waals surface area contributed by atoms with Gasteiger partial charge in [-0.25, -0.2) is 4.68 Å². The summed E-state index contributed by atoms with van der Waals surface area (Å²) in [5.41, 5.74) is 2.09. The van der Waals surface area contributed by atoms with Gasteiger partial charge in [0.2, 0.25) is 11.8 Å². The van der Waals surface area contributed by atoms with E-state index in [9.17, 15) is 9.59 Å². The quantitative estimate of drug-likeness (QED) is 0.397. The highest BCUT2D eigenvalue weighted by atomic mass is 32.1. The molecule has 32 heavy (non-hydrogen) atoms. The first-order valence-electron chi connectivity index (χ1n) is 10.1. The van der Waals surface area contributed by atoms with E-state index in [1.807, 2.05) is 72.1 Å². The van der Waals surface area contributed by atoms with Crippen molar-refractivity contribution in [2.75, 3.05) is 25.2 Å². The first-order valence-corrected chi connectivity index (χ1v) is 11.0. The van der Waals surface area contributed by atoms with Crippen LogP contribution in [0, 0.1) is 0 Å². The molecule has 1 N–H and O–H groups in total. The Labute approximate surface area is 189 Å². The van der Waals surface area contributed by atoms with E-state index in [1.54, 1.807) is 11.8 Å². The zero-order chi connectivity index (χ0) is 22.3. The van der Waals surface area contributed by atoms with Crippen molar-refractivity contribution in [3.8, 4) is 0 Å². The third kappa shape index (κ3) is 4.68. The van der Waals surface area contributed by atoms with Gasteiger partial charge in [0.1, 0.15) is 18.1 Å². The molecule has 0 aliphatic heterocycles. The summed E-state index contributed by atoms with van der Waals surface area (Å²) in [6, 6.07) is 19.6. The highest BCUT2D eigenvalue weighted by Crippen LogP contribution is 2.31. The van der Waals surface area contributed by atoms with E-state index in [0.717, 1.165) is 10.4 Å². The van der Waals surface area contributed by atoms with Crippen LogP contribution < -0.4 is 10.2 Å². The van der Waals surface area contributed by atoms with Crippen LogP contribution >= 0.6 is 11.3 Å². The molecule has 0 aliphatic rings. The molecule has 1 atom stereocenters. The summed E-state index contributed by atoms with van der Waals surface area (Å²) in [5.74, 6) is -0.544. The van der Waals surface area contributed by atoms with Gasteiger partial charge in [0.25, 0.3) is 0 Å². The Morgan fingerprint density at radius 1 is 1.09 bits per heavy atom. The van der Waals surface area contributed by atoms with Crippen LogP contribution in [0.4, 0.5) is 5.69 Å². The number of ether oxygens (including phenoxy) is 1. The molecule has 4 aromatic rings. The molecule has 2 aromatic heterocycles. The summed E-state index contributed by atoms with van der Waals surface area (Å²) in [5, 5.41) is 13.1. The third-order valence-electron chi connectivity index (χ3n) is 4.93. The number of nitrogens with zero attached hydrogens (tertiary/aromatic N) is 4. The van der Waals surface area contributed by atoms with Crippen LogP contribution in [0.5, 0.6) is 0 Å². The van der Waals surface area contributed by atoms with Crippen molar-refractivity contribution in [2.24, 2.45) is 0 Å². The number of benzene rings is 2. The van der Waals surface area contributed by atoms with E-state index in [-0.39, 0.29) is 18.4 Å². The van der Waals surface area contributed by atoms with Gasteiger partial charge < -0.3 is 10.1 Å². The highest BCUT2D eigenvalue weighted by molar-refractivity contribution is 7.10. The van der Waals surface area contributed by atoms with Crippen molar-refractivity contribution in [3.05, 3.63) is 77.0 Å². The second-order valence-corrected chi connectivity index (χ2v) is 8.02. The summed E-state index contributed by atoms with van der Waals surface area (Å²) < 4.78 is 6.61. The van der Waals surface area contributed by atoms with Gasteiger partial charge in [0.05, 0.1) is 12.1 Å². The minimum Gasteiger partial charge on any atom is -0.383 e. The van der Waals surface area contributed by atoms with Gasteiger partial charge in [-0.3, -0.25) is 14.5 Å². The van der Waals surface area contributed by atoms with E-state index in [4.69, 9.17) is 4.74 Å². The van der Waals surface area contributed by atoms with Crippen LogP contribution in [0.15, 0.2) is 72.1 Å². The van der Waals surface area contributed by atoms with Crippen molar-refractivity contribution in [3.63, 3.8) is 0 Å². The van der Waals surface area contributed by atoms with Gasteiger partial charge in [-0.1, -0.05) is 41.6 Å². The summed E-state index contributed by atoms with van der Waals surface area (Å²) >= 11 is 1.43. The van der Waals surface area contributed by atoms with Gasteiger partial charge in [-0.15, -0.1) is 16.4 Å². The molecule has 9 heteroatoms. The molecule has 0 saturated heterocycles. The number of thiophene rings is 1. The first kappa shape index (κ1) is 21.7. The molecule has 4 rings (SSSR count). The van der Waals surface area contributed by atoms with E-state index < -0.39 is 6.04 Å². The highest BCUT2D eigenvalue weighted by Gasteiger charge is 2.33. The number of amides is 2. The van der Waals surface area contributed by atoms with Gasteiger partial charge in [0.15, 0.2) is 0 Å². The molecule has 8 nitrogen and oxygen atoms in total. The number of carbonyl (C=O) groups excluding carboxylic acids is 2. The van der Waals surface area contributed by atoms with E-state index in [0.29, 0.717) is 24.4 Å². The minimum absolute atomic E-state index is 0.0529. The number of nitrogens with one attached hydrogen (secondary N) is 1. The Balaban J connectivity index is 1.71. The van der Waals surface area contributed by atoms with Crippen molar-refractivity contribution in [2.45, 2.75) is 12.6 Å². The fourth-order valence-corrected chi connectivity index (χ4v) is 4.27. The number of carbonyl (C=O) groups is 2. The van der Waals surface area contributed by atoms with E-state index in [2.05, 4.69) is 15.6 Å². The molecule has 0 spiro atoms. The van der Waals surface area contributed by atoms with Crippen LogP contribution in [-0.4, -0.2) is 47.1 Å². The molecule has 2 heterocycles. The normalized spacial score (nSPS) is 11.9. The molecule has 0 aliphatic carbocycles. The molecule has 2 amide bonds. The number of aromatic nitrogens is 3. The van der Waals surface area contributed by atoms with Gasteiger partial charge >= 0.3 is 0 Å². The summed E-state index contributed by atoms with van der Waals surface area (Å²) in [7, 11) is 1.57. The van der Waals surface area contributed by atoms with Crippen LogP contribution in [0.2, 0.25) is 0 Å². The van der Waals surface area contributed by atoms with Crippen LogP contribution in [0.1, 0.15) is 10.9 Å². The fourth-order valence-electron chi connectivity index (χ4n) is 3.46. The monoisotopic (exact) mass is 449 g/mol. The number of methoxy groups -OCH3 is 1. The topological polar surface area (TPSA) is 89.4 Å². The number of hydrogen-bond acceptors (Lipinski definition) is 6. The lowest BCUT2D eigenvalue weighted by molar-refractivity contribution is -0.127. The number of hydrogen-bond donors (Lipinski definition) is 1. The summed E-state index contributed by atoms with van der Waals surface area (Å²) in [6.45, 7) is 0.678. The largest absolute Gasteiger partial charge is 0.383 e. The smallest absolute Gasteiger partial charge is 0.249 e. The maximum atomic E-state index is 13.7. The van der Waals surface area contributed by atoms with E-state index in [1.165, 1.54) is 16.2 Å². The molecular weight excluding hydrogens is 426 g/mol. The minimum atomic E-state index is -0.823. The maximum absolute atomic E-state index is 13.7. The summed E-state index contributed by atoms with van der Waals surface area (Å²) in [4.78, 5) is 29.2. The summed E-state index contributed by atoms with van der Waals surface area (Å²) in [6.07, 6.45) is 0. The molecule has 0 fully saturated rings. The Bertz CT molecular complexity index is 1180. The fraction of sp³-hybridized carbons (Fsp3) is 0.217. The SMILES string of the molecule is COCCNC(=O)[C@H](c1cccs1)N(C(=O)Cn1nnc2ccccc21)c1ccccc1. The average molecular weight is 450 g/mol. The van der Waals surface area contributed by atoms with Crippen molar-refractivity contribution in [1.82, 2.24) is 20.3 Å². The van der Waals surface area contributed by atoms with Crippen LogP contribution in [0.3, 0.4) is 0 Å². The second-order valence-electron chi connectivity index (χ2n) is 7.04.